The summed E-state index contributed by atoms with van der Waals surface area (Å²) in [5.41, 5.74) is 0.621. The molecular weight excluding hydrogens is 296 g/mol. The Kier molecular flexibility index (Phi) is 4.84. The summed E-state index contributed by atoms with van der Waals surface area (Å²) in [5, 5.41) is 9.23. The van der Waals surface area contributed by atoms with Gasteiger partial charge in [0.05, 0.1) is 11.5 Å². The molecule has 0 radical (unpaired) electrons. The molecule has 1 aromatic heterocycles. The zero-order valence-corrected chi connectivity index (χ0v) is 13.6. The first kappa shape index (κ1) is 15.9. The molecule has 1 saturated carbocycles. The van der Waals surface area contributed by atoms with Gasteiger partial charge in [0, 0.05) is 29.7 Å². The summed E-state index contributed by atoms with van der Waals surface area (Å²) in [4.78, 5) is 0.235. The lowest BCUT2D eigenvalue weighted by Gasteiger charge is -2.40. The van der Waals surface area contributed by atoms with Crippen molar-refractivity contribution < 1.29 is 13.5 Å². The molecule has 20 heavy (non-hydrogen) atoms. The van der Waals surface area contributed by atoms with Gasteiger partial charge < -0.3 is 9.67 Å². The molecule has 0 aromatic carbocycles. The van der Waals surface area contributed by atoms with Crippen molar-refractivity contribution in [2.75, 3.05) is 12.8 Å². The van der Waals surface area contributed by atoms with E-state index in [2.05, 4.69) is 4.72 Å². The molecule has 0 atom stereocenters. The second-order valence-electron chi connectivity index (χ2n) is 5.18. The molecule has 0 spiro atoms. The lowest BCUT2D eigenvalue weighted by atomic mass is 9.84. The zero-order chi connectivity index (χ0) is 14.8. The Balaban J connectivity index is 2.12. The monoisotopic (exact) mass is 318 g/mol. The minimum atomic E-state index is -3.50. The van der Waals surface area contributed by atoms with Gasteiger partial charge in [0.1, 0.15) is 0 Å². The largest absolute Gasteiger partial charge is 0.390 e. The van der Waals surface area contributed by atoms with Crippen LogP contribution in [0.1, 0.15) is 31.9 Å². The van der Waals surface area contributed by atoms with Crippen molar-refractivity contribution in [3.63, 3.8) is 0 Å². The summed E-state index contributed by atoms with van der Waals surface area (Å²) in [6.07, 6.45) is 6.91. The molecule has 7 heteroatoms. The summed E-state index contributed by atoms with van der Waals surface area (Å²) in [6, 6.07) is 1.54. The lowest BCUT2D eigenvalue weighted by molar-refractivity contribution is 0.271. The number of nitrogens with zero attached hydrogens (tertiary/aromatic N) is 1. The average Bonchev–Trinajstić information content (AvgIpc) is 2.82. The number of aliphatic hydroxyl groups excluding tert-OH is 1. The first-order valence-corrected chi connectivity index (χ1v) is 9.52. The molecule has 1 fully saturated rings. The maximum Gasteiger partial charge on any atom is 0.242 e. The van der Waals surface area contributed by atoms with E-state index in [9.17, 15) is 13.5 Å². The Morgan fingerprint density at radius 1 is 1.50 bits per heavy atom. The van der Waals surface area contributed by atoms with Crippen LogP contribution in [0.4, 0.5) is 0 Å². The molecule has 5 nitrogen and oxygen atoms in total. The van der Waals surface area contributed by atoms with Gasteiger partial charge in [-0.15, -0.1) is 0 Å². The number of hydrogen-bond acceptors (Lipinski definition) is 4. The van der Waals surface area contributed by atoms with Crippen molar-refractivity contribution in [2.45, 2.75) is 49.0 Å². The number of aliphatic hydroxyl groups is 1. The summed E-state index contributed by atoms with van der Waals surface area (Å²) in [7, 11) is -3.50. The van der Waals surface area contributed by atoms with Crippen molar-refractivity contribution in [1.29, 1.82) is 0 Å². The molecule has 2 rings (SSSR count). The fourth-order valence-corrected chi connectivity index (χ4v) is 4.63. The van der Waals surface area contributed by atoms with Gasteiger partial charge in [-0.2, -0.15) is 11.8 Å². The van der Waals surface area contributed by atoms with Crippen LogP contribution in [0, 0.1) is 0 Å². The van der Waals surface area contributed by atoms with Gasteiger partial charge in [0.25, 0.3) is 0 Å². The van der Waals surface area contributed by atoms with Crippen LogP contribution in [0.25, 0.3) is 0 Å². The van der Waals surface area contributed by atoms with E-state index in [1.807, 2.05) is 13.2 Å². The third-order valence-electron chi connectivity index (χ3n) is 4.06. The van der Waals surface area contributed by atoms with Gasteiger partial charge in [-0.1, -0.05) is 6.42 Å². The van der Waals surface area contributed by atoms with Crippen LogP contribution in [0.5, 0.6) is 0 Å². The van der Waals surface area contributed by atoms with Gasteiger partial charge in [-0.05, 0) is 32.1 Å². The highest BCUT2D eigenvalue weighted by Crippen LogP contribution is 2.42. The molecule has 0 aliphatic heterocycles. The van der Waals surface area contributed by atoms with Crippen molar-refractivity contribution in [3.05, 3.63) is 18.0 Å². The van der Waals surface area contributed by atoms with Crippen LogP contribution in [0.3, 0.4) is 0 Å². The fourth-order valence-electron chi connectivity index (χ4n) is 2.43. The highest BCUT2D eigenvalue weighted by Gasteiger charge is 2.37. The first-order valence-electron chi connectivity index (χ1n) is 6.81. The molecule has 0 amide bonds. The highest BCUT2D eigenvalue weighted by atomic mass is 32.2. The first-order chi connectivity index (χ1) is 9.46. The third kappa shape index (κ3) is 3.05. The number of nitrogens with one attached hydrogen (secondary N) is 1. The predicted molar refractivity (Wildman–Crippen MR) is 81.3 cm³/mol. The Hall–Kier alpha value is -0.500. The summed E-state index contributed by atoms with van der Waals surface area (Å²) < 4.78 is 29.2. The van der Waals surface area contributed by atoms with Crippen molar-refractivity contribution in [2.24, 2.45) is 0 Å². The maximum absolute atomic E-state index is 12.3. The number of rotatable bonds is 7. The Labute approximate surface area is 124 Å². The van der Waals surface area contributed by atoms with Crippen molar-refractivity contribution >= 4 is 21.8 Å². The number of aromatic nitrogens is 1. The van der Waals surface area contributed by atoms with E-state index >= 15 is 0 Å². The number of sulfonamides is 1. The quantitative estimate of drug-likeness (QED) is 0.800. The van der Waals surface area contributed by atoms with Crippen LogP contribution >= 0.6 is 11.8 Å². The van der Waals surface area contributed by atoms with Crippen LogP contribution in [0.15, 0.2) is 17.2 Å². The molecule has 1 aliphatic rings. The average molecular weight is 318 g/mol. The van der Waals surface area contributed by atoms with Crippen LogP contribution < -0.4 is 4.72 Å². The number of thioether (sulfide) groups is 1. The van der Waals surface area contributed by atoms with E-state index < -0.39 is 10.0 Å². The Morgan fingerprint density at radius 2 is 2.20 bits per heavy atom. The van der Waals surface area contributed by atoms with E-state index in [1.165, 1.54) is 6.42 Å². The molecule has 1 aromatic rings. The zero-order valence-electron chi connectivity index (χ0n) is 11.9. The van der Waals surface area contributed by atoms with E-state index in [4.69, 9.17) is 0 Å². The molecule has 0 saturated heterocycles. The van der Waals surface area contributed by atoms with Crippen LogP contribution in [-0.4, -0.2) is 35.6 Å². The van der Waals surface area contributed by atoms with Crippen LogP contribution in [0.2, 0.25) is 0 Å². The second kappa shape index (κ2) is 6.09. The molecule has 1 aliphatic carbocycles. The number of aryl methyl sites for hydroxylation is 1. The van der Waals surface area contributed by atoms with E-state index in [-0.39, 0.29) is 16.2 Å². The van der Waals surface area contributed by atoms with Gasteiger partial charge in [-0.25, -0.2) is 13.1 Å². The Morgan fingerprint density at radius 3 is 2.60 bits per heavy atom. The number of hydrogen-bond donors (Lipinski definition) is 2. The second-order valence-corrected chi connectivity index (χ2v) is 8.22. The van der Waals surface area contributed by atoms with Gasteiger partial charge >= 0.3 is 0 Å². The summed E-state index contributed by atoms with van der Waals surface area (Å²) in [6.45, 7) is 2.88. The minimum absolute atomic E-state index is 0.0696. The molecule has 114 valence electrons. The topological polar surface area (TPSA) is 71.3 Å². The smallest absolute Gasteiger partial charge is 0.242 e. The van der Waals surface area contributed by atoms with E-state index in [1.54, 1.807) is 28.6 Å². The SMILES string of the molecule is CCn1cc(S(=O)(=O)NCC2(SC)CCC2)cc1CO. The van der Waals surface area contributed by atoms with Gasteiger partial charge in [0.2, 0.25) is 10.0 Å². The molecular formula is C13H22N2O3S2. The van der Waals surface area contributed by atoms with E-state index in [0.717, 1.165) is 12.8 Å². The van der Waals surface area contributed by atoms with Crippen LogP contribution in [-0.2, 0) is 23.2 Å². The molecule has 1 heterocycles. The predicted octanol–water partition coefficient (Wildman–Crippen LogP) is 1.56. The summed E-state index contributed by atoms with van der Waals surface area (Å²) >= 11 is 1.74. The normalized spacial score (nSPS) is 17.9. The molecule has 2 N–H and O–H groups in total. The highest BCUT2D eigenvalue weighted by molar-refractivity contribution is 8.00. The Bertz CT molecular complexity index is 535. The lowest BCUT2D eigenvalue weighted by Crippen LogP contribution is -2.45. The standard InChI is InChI=1S/C13H22N2O3S2/c1-3-15-8-12(7-11(15)9-16)20(17,18)14-10-13(19-2)5-4-6-13/h7-8,14,16H,3-6,9-10H2,1-2H3. The minimum Gasteiger partial charge on any atom is -0.390 e. The maximum atomic E-state index is 12.3. The van der Waals surface area contributed by atoms with Gasteiger partial charge in [0.15, 0.2) is 0 Å². The van der Waals surface area contributed by atoms with E-state index in [0.29, 0.717) is 18.8 Å². The molecule has 0 unspecified atom stereocenters. The third-order valence-corrected chi connectivity index (χ3v) is 6.84. The van der Waals surface area contributed by atoms with Crippen molar-refractivity contribution in [1.82, 2.24) is 9.29 Å². The fraction of sp³-hybridized carbons (Fsp3) is 0.692. The van der Waals surface area contributed by atoms with Crippen molar-refractivity contribution in [3.8, 4) is 0 Å². The summed E-state index contributed by atoms with van der Waals surface area (Å²) in [5.74, 6) is 0. The van der Waals surface area contributed by atoms with Gasteiger partial charge in [-0.3, -0.25) is 0 Å². The molecule has 0 bridgehead atoms.